The molecule has 0 aromatic carbocycles. The molecular weight excluding hydrogens is 202 g/mol. The van der Waals surface area contributed by atoms with Gasteiger partial charge in [0.1, 0.15) is 5.60 Å². The highest BCUT2D eigenvalue weighted by Gasteiger charge is 2.33. The summed E-state index contributed by atoms with van der Waals surface area (Å²) in [5.74, 6) is 0. The van der Waals surface area contributed by atoms with Crippen LogP contribution in [-0.4, -0.2) is 35.9 Å². The Kier molecular flexibility index (Phi) is 2.83. The molecule has 0 bridgehead atoms. The molecule has 4 nitrogen and oxygen atoms in total. The van der Waals surface area contributed by atoms with E-state index in [2.05, 4.69) is 4.37 Å². The normalized spacial score (nSPS) is 21.9. The van der Waals surface area contributed by atoms with E-state index < -0.39 is 5.60 Å². The summed E-state index contributed by atoms with van der Waals surface area (Å²) in [5, 5.41) is 10.3. The zero-order chi connectivity index (χ0) is 10.0. The maximum atomic E-state index is 10.3. The van der Waals surface area contributed by atoms with Gasteiger partial charge in [0.15, 0.2) is 0 Å². The Balaban J connectivity index is 2.20. The lowest BCUT2D eigenvalue weighted by atomic mass is 10.0. The van der Waals surface area contributed by atoms with E-state index >= 15 is 0 Å². The van der Waals surface area contributed by atoms with Gasteiger partial charge < -0.3 is 14.6 Å². The van der Waals surface area contributed by atoms with E-state index in [9.17, 15) is 5.11 Å². The van der Waals surface area contributed by atoms with E-state index in [0.29, 0.717) is 13.2 Å². The Bertz CT molecular complexity index is 305. The molecule has 1 aromatic rings. The molecule has 1 aliphatic heterocycles. The fourth-order valence-electron chi connectivity index (χ4n) is 1.37. The lowest BCUT2D eigenvalue weighted by Gasteiger charge is -2.22. The van der Waals surface area contributed by atoms with Crippen LogP contribution in [0.5, 0.6) is 0 Å². The molecular formula is C9H13NO3S. The fraction of sp³-hybridized carbons (Fsp3) is 0.667. The summed E-state index contributed by atoms with van der Waals surface area (Å²) >= 11 is 1.30. The first-order chi connectivity index (χ1) is 6.71. The predicted octanol–water partition coefficient (Wildman–Crippen LogP) is 0.686. The second-order valence-electron chi connectivity index (χ2n) is 3.47. The molecule has 0 spiro atoms. The van der Waals surface area contributed by atoms with E-state index in [0.717, 1.165) is 10.6 Å². The molecule has 1 fully saturated rings. The summed E-state index contributed by atoms with van der Waals surface area (Å²) in [6, 6.07) is 1.88. The summed E-state index contributed by atoms with van der Waals surface area (Å²) in [6.07, 6.45) is 0. The largest absolute Gasteiger partial charge is 0.379 e. The third-order valence-corrected chi connectivity index (χ3v) is 3.21. The number of nitrogens with zero attached hydrogens (tertiary/aromatic N) is 1. The van der Waals surface area contributed by atoms with Gasteiger partial charge in [-0.15, -0.1) is 0 Å². The van der Waals surface area contributed by atoms with E-state index in [1.165, 1.54) is 11.5 Å². The van der Waals surface area contributed by atoms with Crippen LogP contribution in [0.25, 0.3) is 0 Å². The van der Waals surface area contributed by atoms with Gasteiger partial charge >= 0.3 is 0 Å². The van der Waals surface area contributed by atoms with Crippen molar-refractivity contribution in [3.05, 3.63) is 16.6 Å². The van der Waals surface area contributed by atoms with Gasteiger partial charge in [0.05, 0.1) is 37.0 Å². The van der Waals surface area contributed by atoms with Crippen molar-refractivity contribution < 1.29 is 14.6 Å². The van der Waals surface area contributed by atoms with Gasteiger partial charge in [-0.2, -0.15) is 4.37 Å². The van der Waals surface area contributed by atoms with Crippen LogP contribution in [0.4, 0.5) is 0 Å². The molecule has 1 N–H and O–H groups in total. The number of hydrogen-bond acceptors (Lipinski definition) is 5. The summed E-state index contributed by atoms with van der Waals surface area (Å²) in [5.41, 5.74) is -0.0923. The first-order valence-electron chi connectivity index (χ1n) is 4.52. The molecule has 1 aliphatic rings. The van der Waals surface area contributed by atoms with Crippen molar-refractivity contribution in [2.24, 2.45) is 0 Å². The second kappa shape index (κ2) is 3.94. The van der Waals surface area contributed by atoms with Crippen molar-refractivity contribution in [2.75, 3.05) is 26.4 Å². The SMILES string of the molecule is Cc1cc(C2(O)COCCOC2)sn1. The third kappa shape index (κ3) is 1.95. The standard InChI is InChI=1S/C9H13NO3S/c1-7-4-8(14-10-7)9(11)5-12-2-3-13-6-9/h4,11H,2-3,5-6H2,1H3. The molecule has 0 aliphatic carbocycles. The van der Waals surface area contributed by atoms with E-state index in [-0.39, 0.29) is 13.2 Å². The van der Waals surface area contributed by atoms with Gasteiger partial charge in [0, 0.05) is 0 Å². The van der Waals surface area contributed by atoms with Crippen molar-refractivity contribution in [3.8, 4) is 0 Å². The quantitative estimate of drug-likeness (QED) is 0.748. The van der Waals surface area contributed by atoms with E-state index in [4.69, 9.17) is 9.47 Å². The Labute approximate surface area is 86.6 Å². The topological polar surface area (TPSA) is 51.6 Å². The average molecular weight is 215 g/mol. The van der Waals surface area contributed by atoms with E-state index in [1.807, 2.05) is 13.0 Å². The van der Waals surface area contributed by atoms with Crippen LogP contribution in [0.2, 0.25) is 0 Å². The van der Waals surface area contributed by atoms with Gasteiger partial charge in [0.2, 0.25) is 0 Å². The molecule has 0 amide bonds. The number of hydrogen-bond donors (Lipinski definition) is 1. The average Bonchev–Trinajstić information content (AvgIpc) is 2.47. The molecule has 14 heavy (non-hydrogen) atoms. The van der Waals surface area contributed by atoms with Crippen molar-refractivity contribution >= 4 is 11.5 Å². The van der Waals surface area contributed by atoms with Crippen LogP contribution in [0.1, 0.15) is 10.6 Å². The first-order valence-corrected chi connectivity index (χ1v) is 5.30. The maximum Gasteiger partial charge on any atom is 0.147 e. The lowest BCUT2D eigenvalue weighted by molar-refractivity contribution is -0.0573. The van der Waals surface area contributed by atoms with Crippen LogP contribution in [-0.2, 0) is 15.1 Å². The summed E-state index contributed by atoms with van der Waals surface area (Å²) in [4.78, 5) is 0.817. The maximum absolute atomic E-state index is 10.3. The molecule has 5 heteroatoms. The van der Waals surface area contributed by atoms with Gasteiger partial charge in [-0.1, -0.05) is 0 Å². The van der Waals surface area contributed by atoms with Gasteiger partial charge in [0.25, 0.3) is 0 Å². The molecule has 0 saturated carbocycles. The third-order valence-electron chi connectivity index (χ3n) is 2.14. The minimum Gasteiger partial charge on any atom is -0.379 e. The van der Waals surface area contributed by atoms with Gasteiger partial charge in [-0.25, -0.2) is 0 Å². The minimum absolute atomic E-state index is 0.286. The Hall–Kier alpha value is -0.490. The second-order valence-corrected chi connectivity index (χ2v) is 4.27. The molecule has 1 saturated heterocycles. The molecule has 0 unspecified atom stereocenters. The molecule has 1 aromatic heterocycles. The lowest BCUT2D eigenvalue weighted by Crippen LogP contribution is -2.34. The number of aliphatic hydroxyl groups is 1. The zero-order valence-corrected chi connectivity index (χ0v) is 8.84. The summed E-state index contributed by atoms with van der Waals surface area (Å²) in [6.45, 7) is 3.56. The highest BCUT2D eigenvalue weighted by molar-refractivity contribution is 7.06. The highest BCUT2D eigenvalue weighted by Crippen LogP contribution is 2.27. The smallest absolute Gasteiger partial charge is 0.147 e. The van der Waals surface area contributed by atoms with Crippen molar-refractivity contribution in [3.63, 3.8) is 0 Å². The van der Waals surface area contributed by atoms with Gasteiger partial charge in [-0.3, -0.25) is 0 Å². The Morgan fingerprint density at radius 2 is 2.07 bits per heavy atom. The van der Waals surface area contributed by atoms with Gasteiger partial charge in [-0.05, 0) is 24.5 Å². The Morgan fingerprint density at radius 1 is 1.43 bits per heavy atom. The number of aromatic nitrogens is 1. The van der Waals surface area contributed by atoms with Crippen LogP contribution < -0.4 is 0 Å². The number of rotatable bonds is 1. The molecule has 78 valence electrons. The van der Waals surface area contributed by atoms with Crippen LogP contribution in [0.15, 0.2) is 6.07 Å². The zero-order valence-electron chi connectivity index (χ0n) is 8.02. The molecule has 0 radical (unpaired) electrons. The fourth-order valence-corrected chi connectivity index (χ4v) is 2.17. The molecule has 0 atom stereocenters. The van der Waals surface area contributed by atoms with Crippen molar-refractivity contribution in [2.45, 2.75) is 12.5 Å². The van der Waals surface area contributed by atoms with Crippen LogP contribution in [0, 0.1) is 6.92 Å². The highest BCUT2D eigenvalue weighted by atomic mass is 32.1. The number of ether oxygens (including phenoxy) is 2. The summed E-state index contributed by atoms with van der Waals surface area (Å²) in [7, 11) is 0. The molecule has 2 heterocycles. The molecule has 2 rings (SSSR count). The number of aryl methyl sites for hydroxylation is 1. The summed E-state index contributed by atoms with van der Waals surface area (Å²) < 4.78 is 14.7. The van der Waals surface area contributed by atoms with Crippen LogP contribution in [0.3, 0.4) is 0 Å². The first kappa shape index (κ1) is 10.0. The van der Waals surface area contributed by atoms with E-state index in [1.54, 1.807) is 0 Å². The predicted molar refractivity (Wildman–Crippen MR) is 52.4 cm³/mol. The van der Waals surface area contributed by atoms with Crippen molar-refractivity contribution in [1.29, 1.82) is 0 Å². The Morgan fingerprint density at radius 3 is 2.57 bits per heavy atom. The monoisotopic (exact) mass is 215 g/mol. The minimum atomic E-state index is -1.01. The van der Waals surface area contributed by atoms with Crippen LogP contribution >= 0.6 is 11.5 Å². The van der Waals surface area contributed by atoms with Crippen molar-refractivity contribution in [1.82, 2.24) is 4.37 Å².